The Kier molecular flexibility index (Phi) is 4.94. The molecule has 6 nitrogen and oxygen atoms in total. The monoisotopic (exact) mass is 451 g/mol. The first-order chi connectivity index (χ1) is 16.6. The highest BCUT2D eigenvalue weighted by Crippen LogP contribution is 2.34. The van der Waals surface area contributed by atoms with Crippen LogP contribution in [-0.2, 0) is 24.2 Å². The zero-order valence-electron chi connectivity index (χ0n) is 19.3. The summed E-state index contributed by atoms with van der Waals surface area (Å²) in [5, 5.41) is 0.995. The standard InChI is InChI=1S/C28H25N3O3/c1-17-29-26-15-24(33-2)6-7-25(26)28(30-17)31-9-10-34-27-8-5-19(12-22(27)16-31)18-3-4-20-13-23(32)14-21(20)11-18/h3-8,11-12,15H,9-10,13-14,16H2,1-2H3. The van der Waals surface area contributed by atoms with Crippen molar-refractivity contribution in [3.63, 3.8) is 0 Å². The lowest BCUT2D eigenvalue weighted by Gasteiger charge is -2.23. The lowest BCUT2D eigenvalue weighted by molar-refractivity contribution is -0.117. The van der Waals surface area contributed by atoms with E-state index in [4.69, 9.17) is 14.5 Å². The molecule has 0 spiro atoms. The number of anilines is 1. The summed E-state index contributed by atoms with van der Waals surface area (Å²) in [6, 6.07) is 18.6. The van der Waals surface area contributed by atoms with E-state index >= 15 is 0 Å². The fourth-order valence-corrected chi connectivity index (χ4v) is 4.96. The predicted molar refractivity (Wildman–Crippen MR) is 132 cm³/mol. The van der Waals surface area contributed by atoms with E-state index in [0.717, 1.165) is 68.4 Å². The molecule has 3 aromatic carbocycles. The summed E-state index contributed by atoms with van der Waals surface area (Å²) in [6.07, 6.45) is 1.09. The van der Waals surface area contributed by atoms with Crippen molar-refractivity contribution in [3.8, 4) is 22.6 Å². The average molecular weight is 452 g/mol. The molecule has 0 amide bonds. The summed E-state index contributed by atoms with van der Waals surface area (Å²) in [7, 11) is 1.66. The second-order valence-corrected chi connectivity index (χ2v) is 8.95. The summed E-state index contributed by atoms with van der Waals surface area (Å²) >= 11 is 0. The zero-order chi connectivity index (χ0) is 23.2. The Morgan fingerprint density at radius 3 is 2.56 bits per heavy atom. The van der Waals surface area contributed by atoms with Crippen LogP contribution in [0, 0.1) is 6.92 Å². The first-order valence-electron chi connectivity index (χ1n) is 11.5. The quantitative estimate of drug-likeness (QED) is 0.451. The third-order valence-corrected chi connectivity index (χ3v) is 6.65. The number of aromatic nitrogens is 2. The van der Waals surface area contributed by atoms with Gasteiger partial charge in [0.15, 0.2) is 0 Å². The molecule has 0 unspecified atom stereocenters. The van der Waals surface area contributed by atoms with Crippen LogP contribution in [0.5, 0.6) is 11.5 Å². The topological polar surface area (TPSA) is 64.6 Å². The molecule has 0 bridgehead atoms. The molecule has 4 aromatic rings. The first-order valence-corrected chi connectivity index (χ1v) is 11.5. The highest BCUT2D eigenvalue weighted by atomic mass is 16.5. The number of Topliss-reactive ketones (excluding diaryl/α,β-unsaturated/α-hetero) is 1. The summed E-state index contributed by atoms with van der Waals surface area (Å²) < 4.78 is 11.5. The zero-order valence-corrected chi connectivity index (χ0v) is 19.3. The Morgan fingerprint density at radius 1 is 0.912 bits per heavy atom. The maximum absolute atomic E-state index is 11.9. The number of fused-ring (bicyclic) bond motifs is 3. The minimum Gasteiger partial charge on any atom is -0.497 e. The Labute approximate surface area is 198 Å². The van der Waals surface area contributed by atoms with Crippen molar-refractivity contribution in [2.24, 2.45) is 0 Å². The van der Waals surface area contributed by atoms with Gasteiger partial charge in [0.05, 0.1) is 19.2 Å². The van der Waals surface area contributed by atoms with E-state index in [1.807, 2.05) is 25.1 Å². The van der Waals surface area contributed by atoms with Gasteiger partial charge in [-0.3, -0.25) is 4.79 Å². The Balaban J connectivity index is 1.38. The van der Waals surface area contributed by atoms with Crippen molar-refractivity contribution in [2.75, 3.05) is 25.2 Å². The number of benzene rings is 3. The number of aryl methyl sites for hydroxylation is 1. The smallest absolute Gasteiger partial charge is 0.141 e. The van der Waals surface area contributed by atoms with Gasteiger partial charge in [-0.1, -0.05) is 24.3 Å². The second-order valence-electron chi connectivity index (χ2n) is 8.95. The Morgan fingerprint density at radius 2 is 1.71 bits per heavy atom. The van der Waals surface area contributed by atoms with E-state index in [-0.39, 0.29) is 0 Å². The molecule has 6 rings (SSSR count). The van der Waals surface area contributed by atoms with E-state index in [1.165, 1.54) is 0 Å². The number of ketones is 1. The van der Waals surface area contributed by atoms with E-state index < -0.39 is 0 Å². The second kappa shape index (κ2) is 8.13. The van der Waals surface area contributed by atoms with Gasteiger partial charge in [-0.05, 0) is 53.4 Å². The van der Waals surface area contributed by atoms with E-state index in [1.54, 1.807) is 7.11 Å². The van der Waals surface area contributed by atoms with E-state index in [9.17, 15) is 4.79 Å². The number of ether oxygens (including phenoxy) is 2. The van der Waals surface area contributed by atoms with E-state index in [0.29, 0.717) is 31.8 Å². The van der Waals surface area contributed by atoms with Crippen LogP contribution >= 0.6 is 0 Å². The number of rotatable bonds is 3. The SMILES string of the molecule is COc1ccc2c(N3CCOc4ccc(-c5ccc6c(c5)CC(=O)C6)cc4C3)nc(C)nc2c1. The van der Waals surface area contributed by atoms with Gasteiger partial charge < -0.3 is 14.4 Å². The van der Waals surface area contributed by atoms with Gasteiger partial charge in [0, 0.05) is 36.4 Å². The number of carbonyl (C=O) groups is 1. The molecular weight excluding hydrogens is 426 g/mol. The van der Waals surface area contributed by atoms with Crippen molar-refractivity contribution in [2.45, 2.75) is 26.3 Å². The molecule has 0 radical (unpaired) electrons. The van der Waals surface area contributed by atoms with Crippen LogP contribution in [0.4, 0.5) is 5.82 Å². The lowest BCUT2D eigenvalue weighted by atomic mass is 9.98. The summed E-state index contributed by atoms with van der Waals surface area (Å²) in [5.74, 6) is 3.61. The van der Waals surface area contributed by atoms with Crippen LogP contribution in [-0.4, -0.2) is 36.0 Å². The summed E-state index contributed by atoms with van der Waals surface area (Å²) in [4.78, 5) is 23.6. The van der Waals surface area contributed by atoms with Gasteiger partial charge >= 0.3 is 0 Å². The van der Waals surface area contributed by atoms with Gasteiger partial charge in [0.2, 0.25) is 0 Å². The van der Waals surface area contributed by atoms with Crippen molar-refractivity contribution in [1.82, 2.24) is 9.97 Å². The number of hydrogen-bond donors (Lipinski definition) is 0. The third-order valence-electron chi connectivity index (χ3n) is 6.65. The highest BCUT2D eigenvalue weighted by Gasteiger charge is 2.22. The van der Waals surface area contributed by atoms with Crippen LogP contribution in [0.25, 0.3) is 22.0 Å². The number of nitrogens with zero attached hydrogens (tertiary/aromatic N) is 3. The molecule has 0 saturated heterocycles. The summed E-state index contributed by atoms with van der Waals surface area (Å²) in [6.45, 7) is 3.90. The van der Waals surface area contributed by atoms with Crippen molar-refractivity contribution < 1.29 is 14.3 Å². The highest BCUT2D eigenvalue weighted by molar-refractivity contribution is 5.91. The lowest BCUT2D eigenvalue weighted by Crippen LogP contribution is -2.26. The van der Waals surface area contributed by atoms with Crippen molar-refractivity contribution in [1.29, 1.82) is 0 Å². The van der Waals surface area contributed by atoms with Crippen LogP contribution in [0.2, 0.25) is 0 Å². The molecular formula is C28H25N3O3. The number of methoxy groups -OCH3 is 1. The molecule has 6 heteroatoms. The first kappa shape index (κ1) is 20.7. The van der Waals surface area contributed by atoms with Gasteiger partial charge in [0.1, 0.15) is 35.5 Å². The molecule has 34 heavy (non-hydrogen) atoms. The number of hydrogen-bond acceptors (Lipinski definition) is 6. The van der Waals surface area contributed by atoms with Crippen LogP contribution in [0.1, 0.15) is 22.5 Å². The molecule has 170 valence electrons. The van der Waals surface area contributed by atoms with Crippen LogP contribution < -0.4 is 14.4 Å². The molecule has 0 atom stereocenters. The molecule has 2 heterocycles. The molecule has 0 saturated carbocycles. The van der Waals surface area contributed by atoms with Gasteiger partial charge in [-0.25, -0.2) is 9.97 Å². The predicted octanol–water partition coefficient (Wildman–Crippen LogP) is 4.68. The van der Waals surface area contributed by atoms with Gasteiger partial charge in [-0.2, -0.15) is 0 Å². The summed E-state index contributed by atoms with van der Waals surface area (Å²) in [5.41, 5.74) is 6.54. The van der Waals surface area contributed by atoms with Gasteiger partial charge in [-0.15, -0.1) is 0 Å². The molecule has 0 N–H and O–H groups in total. The minimum absolute atomic E-state index is 0.295. The van der Waals surface area contributed by atoms with Crippen molar-refractivity contribution in [3.05, 3.63) is 77.1 Å². The fraction of sp³-hybridized carbons (Fsp3) is 0.250. The fourth-order valence-electron chi connectivity index (χ4n) is 4.96. The normalized spacial score (nSPS) is 15.0. The number of carbonyl (C=O) groups excluding carboxylic acids is 1. The maximum atomic E-state index is 11.9. The average Bonchev–Trinajstić information content (AvgIpc) is 3.08. The molecule has 1 aliphatic heterocycles. The van der Waals surface area contributed by atoms with Crippen molar-refractivity contribution >= 4 is 22.5 Å². The van der Waals surface area contributed by atoms with Crippen LogP contribution in [0.15, 0.2) is 54.6 Å². The molecule has 0 fully saturated rings. The van der Waals surface area contributed by atoms with E-state index in [2.05, 4.69) is 46.3 Å². The van der Waals surface area contributed by atoms with Gasteiger partial charge in [0.25, 0.3) is 0 Å². The minimum atomic E-state index is 0.295. The molecule has 1 aromatic heterocycles. The third kappa shape index (κ3) is 3.65. The largest absolute Gasteiger partial charge is 0.497 e. The van der Waals surface area contributed by atoms with Crippen LogP contribution in [0.3, 0.4) is 0 Å². The Hall–Kier alpha value is -3.93. The maximum Gasteiger partial charge on any atom is 0.141 e. The molecule has 1 aliphatic carbocycles. The molecule has 2 aliphatic rings. The Bertz CT molecular complexity index is 1450.